The fourth-order valence-corrected chi connectivity index (χ4v) is 4.32. The standard InChI is InChI=1S/C16H30/c1-3-5-6-13-7-10-16-12-14(11-13)8-9-15(16)4-2/h13-16H,3-12H2,1-2H3. The molecule has 0 amide bonds. The van der Waals surface area contributed by atoms with Crippen LogP contribution in [0.3, 0.4) is 0 Å². The summed E-state index contributed by atoms with van der Waals surface area (Å²) in [6.07, 6.45) is 15.2. The average molecular weight is 222 g/mol. The second-order valence-corrected chi connectivity index (χ2v) is 6.43. The molecule has 0 aromatic carbocycles. The zero-order valence-electron chi connectivity index (χ0n) is 11.4. The Bertz CT molecular complexity index is 196. The topological polar surface area (TPSA) is 0 Å². The summed E-state index contributed by atoms with van der Waals surface area (Å²) >= 11 is 0. The third kappa shape index (κ3) is 3.02. The lowest BCUT2D eigenvalue weighted by molar-refractivity contribution is 0.175. The lowest BCUT2D eigenvalue weighted by atomic mass is 9.72. The van der Waals surface area contributed by atoms with Crippen LogP contribution in [0.4, 0.5) is 0 Å². The van der Waals surface area contributed by atoms with Gasteiger partial charge in [0.15, 0.2) is 0 Å². The molecule has 0 heteroatoms. The number of unbranched alkanes of at least 4 members (excludes halogenated alkanes) is 1. The Kier molecular flexibility index (Phi) is 4.73. The molecule has 0 radical (unpaired) electrons. The van der Waals surface area contributed by atoms with Crippen LogP contribution in [-0.4, -0.2) is 0 Å². The van der Waals surface area contributed by atoms with Crippen molar-refractivity contribution in [2.75, 3.05) is 0 Å². The van der Waals surface area contributed by atoms with Crippen LogP contribution in [0, 0.1) is 23.7 Å². The van der Waals surface area contributed by atoms with Gasteiger partial charge in [-0.3, -0.25) is 0 Å². The normalized spacial score (nSPS) is 39.4. The largest absolute Gasteiger partial charge is 0.0654 e. The SMILES string of the molecule is CCCCC1CCC2CC(CCC2CC)C1. The van der Waals surface area contributed by atoms with E-state index in [-0.39, 0.29) is 0 Å². The van der Waals surface area contributed by atoms with E-state index < -0.39 is 0 Å². The summed E-state index contributed by atoms with van der Waals surface area (Å²) in [4.78, 5) is 0. The lowest BCUT2D eigenvalue weighted by Gasteiger charge is -2.33. The molecule has 2 saturated carbocycles. The highest BCUT2D eigenvalue weighted by Crippen LogP contribution is 2.45. The van der Waals surface area contributed by atoms with Crippen LogP contribution >= 0.6 is 0 Å². The van der Waals surface area contributed by atoms with Gasteiger partial charge in [0.1, 0.15) is 0 Å². The Hall–Kier alpha value is 0. The fraction of sp³-hybridized carbons (Fsp3) is 1.00. The summed E-state index contributed by atoms with van der Waals surface area (Å²) in [5, 5.41) is 0. The molecule has 0 saturated heterocycles. The van der Waals surface area contributed by atoms with Crippen LogP contribution in [0.2, 0.25) is 0 Å². The summed E-state index contributed by atoms with van der Waals surface area (Å²) in [5.74, 6) is 4.39. The molecule has 0 heterocycles. The molecule has 94 valence electrons. The molecule has 2 rings (SSSR count). The van der Waals surface area contributed by atoms with Gasteiger partial charge in [0.05, 0.1) is 0 Å². The monoisotopic (exact) mass is 222 g/mol. The van der Waals surface area contributed by atoms with Gasteiger partial charge in [0, 0.05) is 0 Å². The zero-order chi connectivity index (χ0) is 11.4. The van der Waals surface area contributed by atoms with Gasteiger partial charge in [-0.25, -0.2) is 0 Å². The molecule has 2 aliphatic carbocycles. The molecule has 2 fully saturated rings. The highest BCUT2D eigenvalue weighted by atomic mass is 14.4. The molecule has 0 aliphatic heterocycles. The maximum absolute atomic E-state index is 2.41. The van der Waals surface area contributed by atoms with Crippen molar-refractivity contribution in [2.45, 2.75) is 78.1 Å². The van der Waals surface area contributed by atoms with Crippen molar-refractivity contribution in [2.24, 2.45) is 23.7 Å². The molecule has 0 spiro atoms. The number of hydrogen-bond acceptors (Lipinski definition) is 0. The van der Waals surface area contributed by atoms with E-state index in [1.807, 2.05) is 0 Å². The second-order valence-electron chi connectivity index (χ2n) is 6.43. The molecule has 0 nitrogen and oxygen atoms in total. The quantitative estimate of drug-likeness (QED) is 0.596. The number of hydrogen-bond donors (Lipinski definition) is 0. The fourth-order valence-electron chi connectivity index (χ4n) is 4.32. The van der Waals surface area contributed by atoms with Crippen molar-refractivity contribution < 1.29 is 0 Å². The van der Waals surface area contributed by atoms with Crippen molar-refractivity contribution in [1.29, 1.82) is 0 Å². The van der Waals surface area contributed by atoms with Gasteiger partial charge in [0.2, 0.25) is 0 Å². The molecule has 0 N–H and O–H groups in total. The lowest BCUT2D eigenvalue weighted by Crippen LogP contribution is -2.22. The smallest absolute Gasteiger partial charge is 0.0383 e. The maximum Gasteiger partial charge on any atom is -0.0383 e. The van der Waals surface area contributed by atoms with E-state index in [0.717, 1.165) is 23.7 Å². The molecular weight excluding hydrogens is 192 g/mol. The molecule has 4 unspecified atom stereocenters. The minimum absolute atomic E-state index is 1.08. The average Bonchev–Trinajstić information content (AvgIpc) is 2.47. The predicted molar refractivity (Wildman–Crippen MR) is 71.5 cm³/mol. The predicted octanol–water partition coefficient (Wildman–Crippen LogP) is 5.42. The number of rotatable bonds is 4. The van der Waals surface area contributed by atoms with Crippen molar-refractivity contribution in [1.82, 2.24) is 0 Å². The van der Waals surface area contributed by atoms with Gasteiger partial charge >= 0.3 is 0 Å². The van der Waals surface area contributed by atoms with Gasteiger partial charge in [-0.05, 0) is 49.4 Å². The Morgan fingerprint density at radius 2 is 1.81 bits per heavy atom. The molecule has 0 aromatic rings. The Balaban J connectivity index is 1.87. The van der Waals surface area contributed by atoms with E-state index in [1.54, 1.807) is 38.5 Å². The minimum Gasteiger partial charge on any atom is -0.0654 e. The molecule has 0 aromatic heterocycles. The summed E-state index contributed by atoms with van der Waals surface area (Å²) in [6.45, 7) is 4.74. The number of fused-ring (bicyclic) bond motifs is 2. The van der Waals surface area contributed by atoms with Crippen LogP contribution in [-0.2, 0) is 0 Å². The maximum atomic E-state index is 2.41. The van der Waals surface area contributed by atoms with E-state index >= 15 is 0 Å². The van der Waals surface area contributed by atoms with Crippen molar-refractivity contribution >= 4 is 0 Å². The Labute approximate surface area is 102 Å². The first-order valence-electron chi connectivity index (χ1n) is 7.83. The van der Waals surface area contributed by atoms with Crippen LogP contribution < -0.4 is 0 Å². The van der Waals surface area contributed by atoms with E-state index in [0.29, 0.717) is 0 Å². The van der Waals surface area contributed by atoms with Crippen LogP contribution in [0.25, 0.3) is 0 Å². The van der Waals surface area contributed by atoms with E-state index in [9.17, 15) is 0 Å². The summed E-state index contributed by atoms with van der Waals surface area (Å²) in [6, 6.07) is 0. The first-order valence-corrected chi connectivity index (χ1v) is 7.83. The minimum atomic E-state index is 1.08. The highest BCUT2D eigenvalue weighted by molar-refractivity contribution is 4.84. The molecule has 4 atom stereocenters. The molecule has 2 bridgehead atoms. The molecule has 2 aliphatic rings. The van der Waals surface area contributed by atoms with Crippen LogP contribution in [0.15, 0.2) is 0 Å². The van der Waals surface area contributed by atoms with Crippen molar-refractivity contribution in [3.8, 4) is 0 Å². The van der Waals surface area contributed by atoms with Gasteiger partial charge in [-0.1, -0.05) is 52.4 Å². The summed E-state index contributed by atoms with van der Waals surface area (Å²) < 4.78 is 0. The third-order valence-electron chi connectivity index (χ3n) is 5.35. The van der Waals surface area contributed by atoms with E-state index in [2.05, 4.69) is 13.8 Å². The van der Waals surface area contributed by atoms with Crippen molar-refractivity contribution in [3.05, 3.63) is 0 Å². The van der Waals surface area contributed by atoms with E-state index in [1.165, 1.54) is 25.7 Å². The highest BCUT2D eigenvalue weighted by Gasteiger charge is 2.33. The van der Waals surface area contributed by atoms with Gasteiger partial charge in [0.25, 0.3) is 0 Å². The summed E-state index contributed by atoms with van der Waals surface area (Å²) in [5.41, 5.74) is 0. The van der Waals surface area contributed by atoms with Gasteiger partial charge in [-0.15, -0.1) is 0 Å². The Morgan fingerprint density at radius 3 is 2.56 bits per heavy atom. The molecular formula is C16H30. The first-order chi connectivity index (χ1) is 7.83. The van der Waals surface area contributed by atoms with Gasteiger partial charge < -0.3 is 0 Å². The van der Waals surface area contributed by atoms with Crippen LogP contribution in [0.5, 0.6) is 0 Å². The Morgan fingerprint density at radius 1 is 0.938 bits per heavy atom. The van der Waals surface area contributed by atoms with Crippen molar-refractivity contribution in [3.63, 3.8) is 0 Å². The third-order valence-corrected chi connectivity index (χ3v) is 5.35. The zero-order valence-corrected chi connectivity index (χ0v) is 11.4. The summed E-state index contributed by atoms with van der Waals surface area (Å²) in [7, 11) is 0. The van der Waals surface area contributed by atoms with E-state index in [4.69, 9.17) is 0 Å². The molecule has 16 heavy (non-hydrogen) atoms. The van der Waals surface area contributed by atoms with Gasteiger partial charge in [-0.2, -0.15) is 0 Å². The van der Waals surface area contributed by atoms with Crippen LogP contribution in [0.1, 0.15) is 78.1 Å². The second kappa shape index (κ2) is 6.07. The first kappa shape index (κ1) is 12.5.